The van der Waals surface area contributed by atoms with E-state index in [9.17, 15) is 5.11 Å². The van der Waals surface area contributed by atoms with E-state index >= 15 is 0 Å². The quantitative estimate of drug-likeness (QED) is 0.274. The maximum absolute atomic E-state index is 9.45. The molecule has 0 bridgehead atoms. The van der Waals surface area contributed by atoms with Crippen LogP contribution in [0.15, 0.2) is 29.3 Å². The van der Waals surface area contributed by atoms with Gasteiger partial charge in [0.15, 0.2) is 5.96 Å². The topological polar surface area (TPSA) is 69.1 Å². The van der Waals surface area contributed by atoms with Gasteiger partial charge in [-0.25, -0.2) is 0 Å². The van der Waals surface area contributed by atoms with Crippen LogP contribution in [0.3, 0.4) is 0 Å². The van der Waals surface area contributed by atoms with E-state index in [4.69, 9.17) is 9.73 Å². The van der Waals surface area contributed by atoms with Gasteiger partial charge in [-0.2, -0.15) is 0 Å². The van der Waals surface area contributed by atoms with Crippen molar-refractivity contribution in [3.8, 4) is 0 Å². The number of hydrogen-bond donors (Lipinski definition) is 3. The van der Waals surface area contributed by atoms with Crippen molar-refractivity contribution in [2.75, 3.05) is 46.0 Å². The zero-order valence-corrected chi connectivity index (χ0v) is 21.1. The molecule has 0 spiro atoms. The highest BCUT2D eigenvalue weighted by molar-refractivity contribution is 14.0. The number of halogens is 1. The van der Waals surface area contributed by atoms with Gasteiger partial charge >= 0.3 is 0 Å². The number of benzene rings is 1. The fourth-order valence-corrected chi connectivity index (χ4v) is 4.31. The lowest BCUT2D eigenvalue weighted by atomic mass is 9.84. The molecular formula is C23H39IN4O2. The predicted molar refractivity (Wildman–Crippen MR) is 134 cm³/mol. The van der Waals surface area contributed by atoms with Crippen LogP contribution in [0.2, 0.25) is 0 Å². The molecule has 3 rings (SSSR count). The normalized spacial score (nSPS) is 22.3. The Hall–Kier alpha value is -0.900. The number of nitrogens with zero attached hydrogens (tertiary/aromatic N) is 2. The molecule has 0 saturated carbocycles. The van der Waals surface area contributed by atoms with Gasteiger partial charge in [-0.05, 0) is 51.2 Å². The van der Waals surface area contributed by atoms with Crippen LogP contribution in [-0.4, -0.2) is 67.5 Å². The number of aliphatic hydroxyl groups excluding tert-OH is 1. The highest BCUT2D eigenvalue weighted by Crippen LogP contribution is 2.31. The van der Waals surface area contributed by atoms with E-state index in [1.807, 2.05) is 0 Å². The van der Waals surface area contributed by atoms with Crippen LogP contribution in [-0.2, 0) is 17.7 Å². The Bertz CT molecular complexity index is 690. The molecule has 7 heteroatoms. The zero-order chi connectivity index (χ0) is 20.7. The molecule has 170 valence electrons. The fraction of sp³-hybridized carbons (Fsp3) is 0.696. The number of fused-ring (bicyclic) bond motifs is 1. The van der Waals surface area contributed by atoms with E-state index in [-0.39, 0.29) is 41.5 Å². The molecule has 3 N–H and O–H groups in total. The van der Waals surface area contributed by atoms with Crippen LogP contribution in [0.5, 0.6) is 0 Å². The Morgan fingerprint density at radius 1 is 1.27 bits per heavy atom. The summed E-state index contributed by atoms with van der Waals surface area (Å²) >= 11 is 0. The van der Waals surface area contributed by atoms with Crippen molar-refractivity contribution >= 4 is 29.9 Å². The van der Waals surface area contributed by atoms with Crippen molar-refractivity contribution in [2.24, 2.45) is 10.4 Å². The van der Waals surface area contributed by atoms with Gasteiger partial charge < -0.3 is 20.5 Å². The summed E-state index contributed by atoms with van der Waals surface area (Å²) in [5.74, 6) is 0.849. The van der Waals surface area contributed by atoms with E-state index in [1.165, 1.54) is 11.1 Å². The van der Waals surface area contributed by atoms with E-state index in [2.05, 4.69) is 60.6 Å². The number of aliphatic imine (C=N–C) groups is 1. The Morgan fingerprint density at radius 2 is 2.03 bits per heavy atom. The first-order chi connectivity index (χ1) is 14.0. The molecular weight excluding hydrogens is 491 g/mol. The smallest absolute Gasteiger partial charge is 0.191 e. The Labute approximate surface area is 198 Å². The second-order valence-electron chi connectivity index (χ2n) is 9.08. The highest BCUT2D eigenvalue weighted by atomic mass is 127. The van der Waals surface area contributed by atoms with Crippen molar-refractivity contribution < 1.29 is 9.84 Å². The first kappa shape index (κ1) is 25.4. The van der Waals surface area contributed by atoms with Crippen molar-refractivity contribution in [2.45, 2.75) is 52.1 Å². The monoisotopic (exact) mass is 530 g/mol. The van der Waals surface area contributed by atoms with Crippen molar-refractivity contribution in [3.63, 3.8) is 0 Å². The molecule has 30 heavy (non-hydrogen) atoms. The third-order valence-electron chi connectivity index (χ3n) is 6.41. The summed E-state index contributed by atoms with van der Waals surface area (Å²) in [6.07, 6.45) is 2.85. The van der Waals surface area contributed by atoms with Gasteiger partial charge in [0.2, 0.25) is 0 Å². The number of nitrogens with one attached hydrogen (secondary N) is 2. The predicted octanol–water partition coefficient (Wildman–Crippen LogP) is 2.79. The van der Waals surface area contributed by atoms with Crippen LogP contribution >= 0.6 is 24.0 Å². The molecule has 6 nitrogen and oxygen atoms in total. The van der Waals surface area contributed by atoms with E-state index in [0.717, 1.165) is 64.6 Å². The number of ether oxygens (including phenoxy) is 1. The lowest BCUT2D eigenvalue weighted by Crippen LogP contribution is -2.50. The Kier molecular flexibility index (Phi) is 9.84. The SMILES string of the molecule is CCNC(=NCC(C)(C)N1CCc2ccccc2C1)NCC1(CCO)CCOC1.I. The molecule has 1 unspecified atom stereocenters. The lowest BCUT2D eigenvalue weighted by molar-refractivity contribution is 0.111. The van der Waals surface area contributed by atoms with Gasteiger partial charge in [-0.1, -0.05) is 24.3 Å². The van der Waals surface area contributed by atoms with Gasteiger partial charge in [0, 0.05) is 50.3 Å². The average Bonchev–Trinajstić information content (AvgIpc) is 3.19. The average molecular weight is 530 g/mol. The van der Waals surface area contributed by atoms with Crippen LogP contribution in [0.25, 0.3) is 0 Å². The summed E-state index contributed by atoms with van der Waals surface area (Å²) in [4.78, 5) is 7.46. The number of rotatable bonds is 8. The minimum Gasteiger partial charge on any atom is -0.396 e. The Balaban J connectivity index is 0.00000320. The minimum absolute atomic E-state index is 0. The minimum atomic E-state index is -0.0187. The second-order valence-corrected chi connectivity index (χ2v) is 9.08. The van der Waals surface area contributed by atoms with Crippen molar-refractivity contribution in [3.05, 3.63) is 35.4 Å². The van der Waals surface area contributed by atoms with Crippen LogP contribution in [0.4, 0.5) is 0 Å². The van der Waals surface area contributed by atoms with Crippen molar-refractivity contribution in [1.82, 2.24) is 15.5 Å². The number of aliphatic hydroxyl groups is 1. The van der Waals surface area contributed by atoms with Crippen LogP contribution in [0.1, 0.15) is 44.7 Å². The van der Waals surface area contributed by atoms with E-state index in [0.29, 0.717) is 6.61 Å². The molecule has 1 atom stereocenters. The molecule has 0 radical (unpaired) electrons. The lowest BCUT2D eigenvalue weighted by Gasteiger charge is -2.41. The number of guanidine groups is 1. The molecule has 1 saturated heterocycles. The molecule has 0 aliphatic carbocycles. The summed E-state index contributed by atoms with van der Waals surface area (Å²) in [7, 11) is 0. The fourth-order valence-electron chi connectivity index (χ4n) is 4.31. The first-order valence-electron chi connectivity index (χ1n) is 11.0. The molecule has 1 aromatic rings. The molecule has 0 aromatic heterocycles. The molecule has 2 heterocycles. The van der Waals surface area contributed by atoms with E-state index in [1.54, 1.807) is 0 Å². The number of hydrogen-bond acceptors (Lipinski definition) is 4. The molecule has 0 amide bonds. The van der Waals surface area contributed by atoms with E-state index < -0.39 is 0 Å². The first-order valence-corrected chi connectivity index (χ1v) is 11.0. The molecule has 1 fully saturated rings. The Morgan fingerprint density at radius 3 is 2.70 bits per heavy atom. The third-order valence-corrected chi connectivity index (χ3v) is 6.41. The summed E-state index contributed by atoms with van der Waals surface area (Å²) in [6, 6.07) is 8.77. The molecule has 1 aromatic carbocycles. The summed E-state index contributed by atoms with van der Waals surface area (Å²) < 4.78 is 5.61. The van der Waals surface area contributed by atoms with Gasteiger partial charge in [0.1, 0.15) is 0 Å². The van der Waals surface area contributed by atoms with Gasteiger partial charge in [-0.15, -0.1) is 24.0 Å². The van der Waals surface area contributed by atoms with Crippen molar-refractivity contribution in [1.29, 1.82) is 0 Å². The summed E-state index contributed by atoms with van der Waals surface area (Å²) in [5.41, 5.74) is 2.91. The molecule has 2 aliphatic heterocycles. The van der Waals surface area contributed by atoms with Gasteiger partial charge in [-0.3, -0.25) is 9.89 Å². The maximum Gasteiger partial charge on any atom is 0.191 e. The standard InChI is InChI=1S/C23H38N4O2.HI/c1-4-24-21(26-17-23(10-13-28)11-14-29-18-23)25-16-22(2,3)27-12-9-19-7-5-6-8-20(19)15-27;/h5-8,28H,4,9-18H2,1-3H3,(H2,24,25,26);1H. The van der Waals surface area contributed by atoms with Gasteiger partial charge in [0.25, 0.3) is 0 Å². The molecule has 2 aliphatic rings. The third kappa shape index (κ3) is 6.55. The summed E-state index contributed by atoms with van der Waals surface area (Å²) in [6.45, 7) is 12.7. The van der Waals surface area contributed by atoms with Crippen LogP contribution < -0.4 is 10.6 Å². The zero-order valence-electron chi connectivity index (χ0n) is 18.7. The van der Waals surface area contributed by atoms with Crippen LogP contribution in [0, 0.1) is 5.41 Å². The second kappa shape index (κ2) is 11.6. The summed E-state index contributed by atoms with van der Waals surface area (Å²) in [5, 5.41) is 16.3. The highest BCUT2D eigenvalue weighted by Gasteiger charge is 2.35. The maximum atomic E-state index is 9.45. The van der Waals surface area contributed by atoms with Gasteiger partial charge in [0.05, 0.1) is 13.2 Å². The largest absolute Gasteiger partial charge is 0.396 e.